The Kier molecular flexibility index (Phi) is 3.88. The van der Waals surface area contributed by atoms with Crippen LogP contribution in [0.1, 0.15) is 38.2 Å². The van der Waals surface area contributed by atoms with Crippen LogP contribution in [0.15, 0.2) is 18.2 Å². The van der Waals surface area contributed by atoms with Gasteiger partial charge in [-0.15, -0.1) is 0 Å². The van der Waals surface area contributed by atoms with Gasteiger partial charge in [-0.25, -0.2) is 0 Å². The second-order valence-electron chi connectivity index (χ2n) is 5.94. The number of carbonyl (C=O) groups is 1. The lowest BCUT2D eigenvalue weighted by Crippen LogP contribution is -2.46. The predicted molar refractivity (Wildman–Crippen MR) is 79.1 cm³/mol. The van der Waals surface area contributed by atoms with E-state index in [1.54, 1.807) is 6.07 Å². The lowest BCUT2D eigenvalue weighted by molar-refractivity contribution is -0.128. The first kappa shape index (κ1) is 13.7. The molecule has 108 valence electrons. The number of amides is 1. The minimum atomic E-state index is -0.405. The molecule has 20 heavy (non-hydrogen) atoms. The topological polar surface area (TPSA) is 38.3 Å². The molecule has 2 aliphatic rings. The van der Waals surface area contributed by atoms with Crippen molar-refractivity contribution in [3.05, 3.63) is 28.8 Å². The van der Waals surface area contributed by atoms with Crippen molar-refractivity contribution >= 4 is 17.5 Å². The third kappa shape index (κ3) is 2.78. The molecule has 0 spiro atoms. The molecule has 1 heterocycles. The molecule has 1 aromatic rings. The third-order valence-electron chi connectivity index (χ3n) is 4.43. The van der Waals surface area contributed by atoms with E-state index in [0.717, 1.165) is 17.7 Å². The van der Waals surface area contributed by atoms with Gasteiger partial charge in [0, 0.05) is 17.5 Å². The zero-order valence-corrected chi connectivity index (χ0v) is 12.5. The summed E-state index contributed by atoms with van der Waals surface area (Å²) in [5.74, 6) is 1.35. The van der Waals surface area contributed by atoms with Gasteiger partial charge in [-0.05, 0) is 42.5 Å². The number of halogens is 1. The van der Waals surface area contributed by atoms with Crippen LogP contribution in [-0.2, 0) is 11.2 Å². The summed E-state index contributed by atoms with van der Waals surface area (Å²) >= 11 is 5.97. The van der Waals surface area contributed by atoms with E-state index >= 15 is 0 Å². The zero-order chi connectivity index (χ0) is 14.1. The van der Waals surface area contributed by atoms with E-state index in [0.29, 0.717) is 23.4 Å². The first-order valence-corrected chi connectivity index (χ1v) is 7.77. The molecular formula is C16H20ClNO2. The molecule has 0 unspecified atom stereocenters. The maximum absolute atomic E-state index is 12.3. The summed E-state index contributed by atoms with van der Waals surface area (Å²) in [7, 11) is 0. The van der Waals surface area contributed by atoms with Crippen LogP contribution < -0.4 is 10.1 Å². The van der Waals surface area contributed by atoms with Gasteiger partial charge in [-0.3, -0.25) is 4.79 Å². The Morgan fingerprint density at radius 1 is 1.35 bits per heavy atom. The van der Waals surface area contributed by atoms with Gasteiger partial charge in [0.25, 0.3) is 5.91 Å². The molecule has 0 radical (unpaired) electrons. The highest BCUT2D eigenvalue weighted by molar-refractivity contribution is 6.30. The standard InChI is InChI=1S/C16H20ClNO2/c1-10-4-2-3-5-13(10)18-16(19)15-9-11-8-12(17)6-7-14(11)20-15/h6-8,10,13,15H,2-5,9H2,1H3,(H,18,19)/t10-,13-,15-/m1/s1. The number of hydrogen-bond donors (Lipinski definition) is 1. The van der Waals surface area contributed by atoms with Crippen molar-refractivity contribution in [2.24, 2.45) is 5.92 Å². The Morgan fingerprint density at radius 2 is 2.15 bits per heavy atom. The van der Waals surface area contributed by atoms with E-state index in [2.05, 4.69) is 12.2 Å². The summed E-state index contributed by atoms with van der Waals surface area (Å²) < 4.78 is 5.73. The second-order valence-corrected chi connectivity index (χ2v) is 6.38. The first-order chi connectivity index (χ1) is 9.63. The van der Waals surface area contributed by atoms with Gasteiger partial charge in [0.05, 0.1) is 0 Å². The molecule has 3 atom stereocenters. The molecule has 0 bridgehead atoms. The largest absolute Gasteiger partial charge is 0.480 e. The number of carbonyl (C=O) groups excluding carboxylic acids is 1. The molecule has 1 amide bonds. The van der Waals surface area contributed by atoms with Crippen molar-refractivity contribution in [3.63, 3.8) is 0 Å². The molecule has 3 rings (SSSR count). The number of hydrogen-bond acceptors (Lipinski definition) is 2. The maximum Gasteiger partial charge on any atom is 0.261 e. The highest BCUT2D eigenvalue weighted by Gasteiger charge is 2.32. The fourth-order valence-electron chi connectivity index (χ4n) is 3.17. The van der Waals surface area contributed by atoms with Gasteiger partial charge in [0.1, 0.15) is 5.75 Å². The van der Waals surface area contributed by atoms with Crippen molar-refractivity contribution in [1.29, 1.82) is 0 Å². The number of benzene rings is 1. The highest BCUT2D eigenvalue weighted by Crippen LogP contribution is 2.31. The van der Waals surface area contributed by atoms with Crippen molar-refractivity contribution in [2.45, 2.75) is 51.2 Å². The van der Waals surface area contributed by atoms with Gasteiger partial charge in [0.15, 0.2) is 6.10 Å². The summed E-state index contributed by atoms with van der Waals surface area (Å²) in [5, 5.41) is 3.85. The predicted octanol–water partition coefficient (Wildman–Crippen LogP) is 3.34. The Morgan fingerprint density at radius 3 is 2.95 bits per heavy atom. The van der Waals surface area contributed by atoms with Gasteiger partial charge in [-0.1, -0.05) is 31.4 Å². The van der Waals surface area contributed by atoms with Crippen LogP contribution in [0.2, 0.25) is 5.02 Å². The van der Waals surface area contributed by atoms with Crippen LogP contribution >= 0.6 is 11.6 Å². The molecule has 4 heteroatoms. The SMILES string of the molecule is C[C@@H]1CCCC[C@H]1NC(=O)[C@H]1Cc2cc(Cl)ccc2O1. The molecule has 0 aromatic heterocycles. The fourth-order valence-corrected chi connectivity index (χ4v) is 3.36. The van der Waals surface area contributed by atoms with E-state index in [-0.39, 0.29) is 5.91 Å². The summed E-state index contributed by atoms with van der Waals surface area (Å²) in [6.45, 7) is 2.22. The van der Waals surface area contributed by atoms with E-state index in [4.69, 9.17) is 16.3 Å². The highest BCUT2D eigenvalue weighted by atomic mass is 35.5. The average Bonchev–Trinajstić information content (AvgIpc) is 2.84. The third-order valence-corrected chi connectivity index (χ3v) is 4.66. The molecule has 1 aliphatic heterocycles. The van der Waals surface area contributed by atoms with E-state index in [1.807, 2.05) is 12.1 Å². The van der Waals surface area contributed by atoms with E-state index < -0.39 is 6.10 Å². The molecule has 3 nitrogen and oxygen atoms in total. The van der Waals surface area contributed by atoms with Gasteiger partial charge in [0.2, 0.25) is 0 Å². The smallest absolute Gasteiger partial charge is 0.261 e. The Balaban J connectivity index is 1.62. The van der Waals surface area contributed by atoms with Crippen LogP contribution in [0.3, 0.4) is 0 Å². The Labute approximate surface area is 124 Å². The Hall–Kier alpha value is -1.22. The quantitative estimate of drug-likeness (QED) is 0.908. The molecule has 1 N–H and O–H groups in total. The lowest BCUT2D eigenvalue weighted by Gasteiger charge is -2.30. The number of rotatable bonds is 2. The average molecular weight is 294 g/mol. The van der Waals surface area contributed by atoms with Crippen LogP contribution in [0.5, 0.6) is 5.75 Å². The molecule has 1 aromatic carbocycles. The van der Waals surface area contributed by atoms with Crippen LogP contribution in [-0.4, -0.2) is 18.1 Å². The minimum absolute atomic E-state index is 0.0103. The van der Waals surface area contributed by atoms with Crippen molar-refractivity contribution < 1.29 is 9.53 Å². The fraction of sp³-hybridized carbons (Fsp3) is 0.562. The van der Waals surface area contributed by atoms with Crippen molar-refractivity contribution in [1.82, 2.24) is 5.32 Å². The minimum Gasteiger partial charge on any atom is -0.480 e. The summed E-state index contributed by atoms with van der Waals surface area (Å²) in [4.78, 5) is 12.3. The second kappa shape index (κ2) is 5.65. The summed E-state index contributed by atoms with van der Waals surface area (Å²) in [6, 6.07) is 5.82. The van der Waals surface area contributed by atoms with Crippen LogP contribution in [0.25, 0.3) is 0 Å². The Bertz CT molecular complexity index is 517. The normalized spacial score (nSPS) is 28.6. The van der Waals surface area contributed by atoms with Gasteiger partial charge < -0.3 is 10.1 Å². The maximum atomic E-state index is 12.3. The van der Waals surface area contributed by atoms with Crippen LogP contribution in [0.4, 0.5) is 0 Å². The van der Waals surface area contributed by atoms with E-state index in [1.165, 1.54) is 19.3 Å². The van der Waals surface area contributed by atoms with Gasteiger partial charge >= 0.3 is 0 Å². The monoisotopic (exact) mass is 293 g/mol. The van der Waals surface area contributed by atoms with Gasteiger partial charge in [-0.2, -0.15) is 0 Å². The lowest BCUT2D eigenvalue weighted by atomic mass is 9.86. The molecule has 1 aliphatic carbocycles. The van der Waals surface area contributed by atoms with Crippen molar-refractivity contribution in [3.8, 4) is 5.75 Å². The number of ether oxygens (including phenoxy) is 1. The van der Waals surface area contributed by atoms with Crippen molar-refractivity contribution in [2.75, 3.05) is 0 Å². The molecule has 0 saturated heterocycles. The zero-order valence-electron chi connectivity index (χ0n) is 11.7. The molecule has 1 saturated carbocycles. The molecule has 1 fully saturated rings. The number of fused-ring (bicyclic) bond motifs is 1. The summed E-state index contributed by atoms with van der Waals surface area (Å²) in [5.41, 5.74) is 1.02. The van der Waals surface area contributed by atoms with Crippen LogP contribution in [0, 0.1) is 5.92 Å². The first-order valence-electron chi connectivity index (χ1n) is 7.39. The van der Waals surface area contributed by atoms with E-state index in [9.17, 15) is 4.79 Å². The number of nitrogens with one attached hydrogen (secondary N) is 1. The summed E-state index contributed by atoms with van der Waals surface area (Å²) in [6.07, 6.45) is 4.97. The molecular weight excluding hydrogens is 274 g/mol.